The molecule has 1 rings (SSSR count). The Balaban J connectivity index is 3.08. The number of hydrogen-bond acceptors (Lipinski definition) is 9. The SMILES string of the molecule is CC#CCOc1ccc(CC(NC(=O)[C@@H](/C=C/CCCCCCC(=O)CCCCCCC)[C@@](O)(CC(=O)N(C)CCOC)C(=O)O)C(=O)OC)cc1. The highest BCUT2D eigenvalue weighted by atomic mass is 16.5. The number of amides is 2. The Kier molecular flexibility index (Phi) is 23.4. The molecule has 0 bridgehead atoms. The number of rotatable bonds is 28. The monoisotopic (exact) mass is 728 g/mol. The molecule has 0 fully saturated rings. The van der Waals surface area contributed by atoms with Crippen molar-refractivity contribution in [2.45, 2.75) is 115 Å². The number of esters is 1. The summed E-state index contributed by atoms with van der Waals surface area (Å²) >= 11 is 0. The minimum absolute atomic E-state index is 0.00452. The molecule has 0 saturated heterocycles. The number of unbranched alkanes of at least 4 members (excludes halogenated alkanes) is 8. The molecule has 2 amide bonds. The molecule has 0 spiro atoms. The van der Waals surface area contributed by atoms with Crippen LogP contribution in [0.3, 0.4) is 0 Å². The van der Waals surface area contributed by atoms with E-state index in [0.717, 1.165) is 45.6 Å². The van der Waals surface area contributed by atoms with Crippen molar-refractivity contribution in [3.8, 4) is 17.6 Å². The summed E-state index contributed by atoms with van der Waals surface area (Å²) in [5.41, 5.74) is -2.19. The molecule has 0 heterocycles. The van der Waals surface area contributed by atoms with E-state index in [0.29, 0.717) is 37.0 Å². The van der Waals surface area contributed by atoms with Crippen LogP contribution in [0.1, 0.15) is 103 Å². The number of aliphatic carboxylic acids is 1. The number of ether oxygens (including phenoxy) is 3. The van der Waals surface area contributed by atoms with E-state index in [9.17, 15) is 34.2 Å². The van der Waals surface area contributed by atoms with Gasteiger partial charge in [0.1, 0.15) is 24.2 Å². The summed E-state index contributed by atoms with van der Waals surface area (Å²) in [4.78, 5) is 65.7. The first-order valence-corrected chi connectivity index (χ1v) is 18.3. The van der Waals surface area contributed by atoms with Crippen LogP contribution in [0.15, 0.2) is 36.4 Å². The quantitative estimate of drug-likeness (QED) is 0.0460. The molecule has 0 aliphatic rings. The Morgan fingerprint density at radius 1 is 0.962 bits per heavy atom. The molecule has 0 aliphatic heterocycles. The Morgan fingerprint density at radius 3 is 2.17 bits per heavy atom. The average Bonchev–Trinajstić information content (AvgIpc) is 3.12. The van der Waals surface area contributed by atoms with Gasteiger partial charge in [-0.25, -0.2) is 9.59 Å². The molecular formula is C40H60N2O10. The normalized spacial score (nSPS) is 13.3. The predicted octanol–water partition coefficient (Wildman–Crippen LogP) is 5.04. The minimum atomic E-state index is -2.84. The molecule has 12 nitrogen and oxygen atoms in total. The van der Waals surface area contributed by atoms with Gasteiger partial charge in [-0.2, -0.15) is 0 Å². The van der Waals surface area contributed by atoms with Gasteiger partial charge in [-0.3, -0.25) is 14.4 Å². The third-order valence-corrected chi connectivity index (χ3v) is 8.76. The molecule has 12 heteroatoms. The average molecular weight is 729 g/mol. The summed E-state index contributed by atoms with van der Waals surface area (Å²) in [7, 11) is 4.06. The maximum Gasteiger partial charge on any atom is 0.337 e. The topological polar surface area (TPSA) is 169 Å². The maximum atomic E-state index is 13.8. The van der Waals surface area contributed by atoms with Gasteiger partial charge in [0.2, 0.25) is 11.8 Å². The van der Waals surface area contributed by atoms with Crippen molar-refractivity contribution in [2.24, 2.45) is 5.92 Å². The molecule has 1 aromatic rings. The van der Waals surface area contributed by atoms with Crippen LogP contribution >= 0.6 is 0 Å². The van der Waals surface area contributed by atoms with E-state index < -0.39 is 47.7 Å². The van der Waals surface area contributed by atoms with Gasteiger partial charge in [-0.15, -0.1) is 5.92 Å². The number of nitrogens with one attached hydrogen (secondary N) is 1. The van der Waals surface area contributed by atoms with E-state index >= 15 is 0 Å². The number of carboxylic acid groups (broad SMARTS) is 1. The van der Waals surface area contributed by atoms with Crippen LogP contribution < -0.4 is 10.1 Å². The van der Waals surface area contributed by atoms with E-state index in [1.807, 2.05) is 0 Å². The molecule has 3 atom stereocenters. The second-order valence-electron chi connectivity index (χ2n) is 12.9. The Hall–Kier alpha value is -4.21. The first-order valence-electron chi connectivity index (χ1n) is 18.3. The van der Waals surface area contributed by atoms with Gasteiger partial charge in [0.25, 0.3) is 0 Å². The van der Waals surface area contributed by atoms with Crippen LogP contribution in [0.4, 0.5) is 0 Å². The van der Waals surface area contributed by atoms with Crippen molar-refractivity contribution >= 4 is 29.5 Å². The number of carboxylic acids is 1. The molecule has 1 aromatic carbocycles. The lowest BCUT2D eigenvalue weighted by atomic mass is 9.82. The van der Waals surface area contributed by atoms with E-state index in [-0.39, 0.29) is 32.0 Å². The highest BCUT2D eigenvalue weighted by Crippen LogP contribution is 2.27. The number of carbonyl (C=O) groups excluding carboxylic acids is 4. The van der Waals surface area contributed by atoms with Crippen molar-refractivity contribution in [1.29, 1.82) is 0 Å². The summed E-state index contributed by atoms with van der Waals surface area (Å²) in [6.07, 6.45) is 12.3. The number of allylic oxidation sites excluding steroid dienone is 1. The molecule has 0 saturated carbocycles. The highest BCUT2D eigenvalue weighted by molar-refractivity contribution is 5.95. The lowest BCUT2D eigenvalue weighted by Gasteiger charge is -2.32. The number of aliphatic hydroxyl groups is 1. The summed E-state index contributed by atoms with van der Waals surface area (Å²) in [6.45, 7) is 4.40. The van der Waals surface area contributed by atoms with E-state index in [2.05, 4.69) is 24.1 Å². The van der Waals surface area contributed by atoms with Crippen LogP contribution in [0.5, 0.6) is 5.75 Å². The smallest absolute Gasteiger partial charge is 0.337 e. The molecule has 1 unspecified atom stereocenters. The van der Waals surface area contributed by atoms with Crippen molar-refractivity contribution in [2.75, 3.05) is 41.0 Å². The number of benzene rings is 1. The fourth-order valence-electron chi connectivity index (χ4n) is 5.47. The lowest BCUT2D eigenvalue weighted by molar-refractivity contribution is -0.171. The van der Waals surface area contributed by atoms with Crippen LogP contribution in [0.25, 0.3) is 0 Å². The summed E-state index contributed by atoms with van der Waals surface area (Å²) in [5.74, 6) is 0.435. The zero-order chi connectivity index (χ0) is 38.8. The van der Waals surface area contributed by atoms with E-state index in [1.165, 1.54) is 38.0 Å². The van der Waals surface area contributed by atoms with Gasteiger partial charge in [0, 0.05) is 40.0 Å². The predicted molar refractivity (Wildman–Crippen MR) is 198 cm³/mol. The number of Topliss-reactive ketones (excluding diaryl/α,β-unsaturated/α-hetero) is 1. The fourth-order valence-corrected chi connectivity index (χ4v) is 5.47. The van der Waals surface area contributed by atoms with Crippen LogP contribution in [0.2, 0.25) is 0 Å². The Morgan fingerprint density at radius 2 is 1.60 bits per heavy atom. The molecule has 0 radical (unpaired) electrons. The third-order valence-electron chi connectivity index (χ3n) is 8.76. The van der Waals surface area contributed by atoms with Crippen molar-refractivity contribution in [1.82, 2.24) is 10.2 Å². The number of ketones is 1. The first-order chi connectivity index (χ1) is 24.9. The summed E-state index contributed by atoms with van der Waals surface area (Å²) < 4.78 is 15.5. The lowest BCUT2D eigenvalue weighted by Crippen LogP contribution is -2.56. The van der Waals surface area contributed by atoms with Gasteiger partial charge in [-0.05, 0) is 50.3 Å². The molecule has 0 aromatic heterocycles. The summed E-state index contributed by atoms with van der Waals surface area (Å²) in [5, 5.41) is 24.3. The highest BCUT2D eigenvalue weighted by Gasteiger charge is 2.49. The van der Waals surface area contributed by atoms with E-state index in [4.69, 9.17) is 14.2 Å². The van der Waals surface area contributed by atoms with Crippen molar-refractivity contribution in [3.63, 3.8) is 0 Å². The molecular weight excluding hydrogens is 668 g/mol. The van der Waals surface area contributed by atoms with Gasteiger partial charge >= 0.3 is 11.9 Å². The largest absolute Gasteiger partial charge is 0.481 e. The Labute approximate surface area is 309 Å². The Bertz CT molecular complexity index is 1330. The fraction of sp³-hybridized carbons (Fsp3) is 0.625. The molecule has 52 heavy (non-hydrogen) atoms. The molecule has 3 N–H and O–H groups in total. The number of nitrogens with zero attached hydrogens (tertiary/aromatic N) is 1. The van der Waals surface area contributed by atoms with Crippen LogP contribution in [-0.4, -0.2) is 97.3 Å². The zero-order valence-corrected chi connectivity index (χ0v) is 31.7. The van der Waals surface area contributed by atoms with Crippen LogP contribution in [-0.2, 0) is 39.9 Å². The summed E-state index contributed by atoms with van der Waals surface area (Å²) in [6, 6.07) is 5.57. The second kappa shape index (κ2) is 26.5. The first kappa shape index (κ1) is 45.8. The number of likely N-dealkylation sites (N-methyl/N-ethyl adjacent to an activating group) is 1. The van der Waals surface area contributed by atoms with Gasteiger partial charge < -0.3 is 34.6 Å². The number of hydrogen-bond donors (Lipinski definition) is 3. The van der Waals surface area contributed by atoms with Gasteiger partial charge in [0.05, 0.1) is 26.1 Å². The minimum Gasteiger partial charge on any atom is -0.481 e. The van der Waals surface area contributed by atoms with Crippen molar-refractivity contribution in [3.05, 3.63) is 42.0 Å². The van der Waals surface area contributed by atoms with Gasteiger partial charge in [0.15, 0.2) is 5.60 Å². The molecule has 290 valence electrons. The number of methoxy groups -OCH3 is 2. The number of carbonyl (C=O) groups is 5. The maximum absolute atomic E-state index is 13.8. The van der Waals surface area contributed by atoms with E-state index in [1.54, 1.807) is 37.3 Å². The second-order valence-corrected chi connectivity index (χ2v) is 12.9. The van der Waals surface area contributed by atoms with Gasteiger partial charge in [-0.1, -0.05) is 75.7 Å². The standard InChI is InChI=1S/C40H60N2O10/c1-6-8-10-13-16-19-32(43)20-17-14-11-12-15-18-21-34(40(49,39(47)48)30-36(44)42(3)26-28-50-4)37(45)41-35(38(46)51-5)29-31-22-24-33(25-23-31)52-27-9-7-2/h18,21-25,34-35,49H,6,8,10-17,19-20,26-30H2,1-5H3,(H,41,45)(H,47,48)/b21-18+/t34-,35?,40+/m1/s1. The van der Waals surface area contributed by atoms with Crippen molar-refractivity contribution < 1.29 is 48.4 Å². The van der Waals surface area contributed by atoms with Crippen LogP contribution in [0, 0.1) is 17.8 Å². The third kappa shape index (κ3) is 17.8. The zero-order valence-electron chi connectivity index (χ0n) is 31.7. The molecule has 0 aliphatic carbocycles.